The molecule has 4 rings (SSSR count). The second-order valence-electron chi connectivity index (χ2n) is 7.33. The molecular weight excluding hydrogens is 338 g/mol. The standard InChI is InChI=1S/C21H25N5O/c1-15-5-4-10-26(14-15)21-24-12-17(13-25-21)20(27)22-9-8-16-11-23-19-7-3-2-6-18(16)19/h2-3,6-7,11-13,15,23H,4-5,8-10,14H2,1H3,(H,22,27). The van der Waals surface area contributed by atoms with Crippen LogP contribution < -0.4 is 10.2 Å². The first kappa shape index (κ1) is 17.5. The topological polar surface area (TPSA) is 73.9 Å². The molecule has 1 atom stereocenters. The van der Waals surface area contributed by atoms with E-state index in [-0.39, 0.29) is 5.91 Å². The summed E-state index contributed by atoms with van der Waals surface area (Å²) in [5.41, 5.74) is 2.83. The van der Waals surface area contributed by atoms with Gasteiger partial charge in [0.05, 0.1) is 5.56 Å². The molecule has 0 spiro atoms. The van der Waals surface area contributed by atoms with Crippen molar-refractivity contribution in [1.82, 2.24) is 20.3 Å². The van der Waals surface area contributed by atoms with Crippen LogP contribution in [0, 0.1) is 5.92 Å². The van der Waals surface area contributed by atoms with Crippen LogP contribution in [0.5, 0.6) is 0 Å². The molecule has 1 amide bonds. The molecule has 0 saturated carbocycles. The second kappa shape index (κ2) is 7.78. The largest absolute Gasteiger partial charge is 0.361 e. The van der Waals surface area contributed by atoms with Gasteiger partial charge in [-0.25, -0.2) is 9.97 Å². The van der Waals surface area contributed by atoms with E-state index in [0.717, 1.165) is 31.0 Å². The third kappa shape index (κ3) is 3.94. The maximum absolute atomic E-state index is 12.4. The average Bonchev–Trinajstić information content (AvgIpc) is 3.11. The third-order valence-corrected chi connectivity index (χ3v) is 5.20. The number of anilines is 1. The zero-order valence-electron chi connectivity index (χ0n) is 15.6. The number of hydrogen-bond donors (Lipinski definition) is 2. The summed E-state index contributed by atoms with van der Waals surface area (Å²) in [5.74, 6) is 1.25. The van der Waals surface area contributed by atoms with Crippen LogP contribution in [0.25, 0.3) is 10.9 Å². The number of para-hydroxylation sites is 1. The molecule has 1 fully saturated rings. The summed E-state index contributed by atoms with van der Waals surface area (Å²) in [4.78, 5) is 26.6. The van der Waals surface area contributed by atoms with Crippen molar-refractivity contribution in [3.8, 4) is 0 Å². The molecule has 1 saturated heterocycles. The molecule has 1 aliphatic heterocycles. The van der Waals surface area contributed by atoms with Gasteiger partial charge in [-0.1, -0.05) is 25.1 Å². The average molecular weight is 363 g/mol. The fraction of sp³-hybridized carbons (Fsp3) is 0.381. The highest BCUT2D eigenvalue weighted by Gasteiger charge is 2.19. The number of benzene rings is 1. The van der Waals surface area contributed by atoms with Crippen LogP contribution in [0.3, 0.4) is 0 Å². The number of nitrogens with zero attached hydrogens (tertiary/aromatic N) is 3. The molecule has 6 nitrogen and oxygen atoms in total. The van der Waals surface area contributed by atoms with E-state index in [9.17, 15) is 4.79 Å². The van der Waals surface area contributed by atoms with Gasteiger partial charge in [0.25, 0.3) is 5.91 Å². The van der Waals surface area contributed by atoms with E-state index in [1.165, 1.54) is 23.8 Å². The summed E-state index contributed by atoms with van der Waals surface area (Å²) in [6, 6.07) is 8.19. The molecule has 0 aliphatic carbocycles. The minimum Gasteiger partial charge on any atom is -0.361 e. The van der Waals surface area contributed by atoms with Crippen molar-refractivity contribution in [1.29, 1.82) is 0 Å². The Kier molecular flexibility index (Phi) is 5.05. The number of hydrogen-bond acceptors (Lipinski definition) is 4. The van der Waals surface area contributed by atoms with Gasteiger partial charge in [0.2, 0.25) is 5.95 Å². The van der Waals surface area contributed by atoms with Gasteiger partial charge < -0.3 is 15.2 Å². The number of fused-ring (bicyclic) bond motifs is 1. The Balaban J connectivity index is 1.33. The van der Waals surface area contributed by atoms with Crippen molar-refractivity contribution in [2.24, 2.45) is 5.92 Å². The lowest BCUT2D eigenvalue weighted by molar-refractivity contribution is 0.0953. The minimum atomic E-state index is -0.131. The monoisotopic (exact) mass is 363 g/mol. The molecule has 3 aromatic rings. The normalized spacial score (nSPS) is 17.2. The molecule has 2 N–H and O–H groups in total. The summed E-state index contributed by atoms with van der Waals surface area (Å²) in [7, 11) is 0. The van der Waals surface area contributed by atoms with Gasteiger partial charge >= 0.3 is 0 Å². The fourth-order valence-electron chi connectivity index (χ4n) is 3.72. The molecule has 140 valence electrons. The van der Waals surface area contributed by atoms with Crippen LogP contribution in [0.1, 0.15) is 35.7 Å². The van der Waals surface area contributed by atoms with Gasteiger partial charge in [0, 0.05) is 49.1 Å². The molecule has 1 aliphatic rings. The molecule has 0 radical (unpaired) electrons. The summed E-state index contributed by atoms with van der Waals surface area (Å²) in [6.45, 7) is 4.80. The van der Waals surface area contributed by atoms with Gasteiger partial charge in [-0.05, 0) is 36.8 Å². The Labute approximate surface area is 159 Å². The van der Waals surface area contributed by atoms with Gasteiger partial charge in [-0.3, -0.25) is 4.79 Å². The van der Waals surface area contributed by atoms with Crippen molar-refractivity contribution >= 4 is 22.8 Å². The zero-order valence-corrected chi connectivity index (χ0v) is 15.6. The number of carbonyl (C=O) groups is 1. The number of aromatic amines is 1. The predicted octanol–water partition coefficient (Wildman–Crippen LogP) is 3.17. The molecule has 27 heavy (non-hydrogen) atoms. The van der Waals surface area contributed by atoms with E-state index in [4.69, 9.17) is 0 Å². The van der Waals surface area contributed by atoms with E-state index in [0.29, 0.717) is 18.0 Å². The minimum absolute atomic E-state index is 0.131. The van der Waals surface area contributed by atoms with E-state index >= 15 is 0 Å². The molecule has 1 unspecified atom stereocenters. The fourth-order valence-corrected chi connectivity index (χ4v) is 3.72. The Morgan fingerprint density at radius 3 is 2.93 bits per heavy atom. The molecule has 1 aromatic carbocycles. The van der Waals surface area contributed by atoms with E-state index in [2.05, 4.69) is 44.2 Å². The van der Waals surface area contributed by atoms with Crippen molar-refractivity contribution in [2.75, 3.05) is 24.5 Å². The molecule has 2 aromatic heterocycles. The highest BCUT2D eigenvalue weighted by molar-refractivity contribution is 5.93. The first-order chi connectivity index (χ1) is 13.2. The van der Waals surface area contributed by atoms with Gasteiger partial charge in [0.15, 0.2) is 0 Å². The maximum Gasteiger partial charge on any atom is 0.254 e. The summed E-state index contributed by atoms with van der Waals surface area (Å²) < 4.78 is 0. The summed E-state index contributed by atoms with van der Waals surface area (Å²) >= 11 is 0. The van der Waals surface area contributed by atoms with Crippen LogP contribution in [0.15, 0.2) is 42.9 Å². The first-order valence-electron chi connectivity index (χ1n) is 9.61. The van der Waals surface area contributed by atoms with E-state index in [1.54, 1.807) is 12.4 Å². The molecule has 0 bridgehead atoms. The number of piperidine rings is 1. The number of H-pyrrole nitrogens is 1. The van der Waals surface area contributed by atoms with Gasteiger partial charge in [-0.15, -0.1) is 0 Å². The first-order valence-corrected chi connectivity index (χ1v) is 9.61. The van der Waals surface area contributed by atoms with Crippen molar-refractivity contribution in [3.63, 3.8) is 0 Å². The molecular formula is C21H25N5O. The molecule has 6 heteroatoms. The van der Waals surface area contributed by atoms with Crippen molar-refractivity contribution < 1.29 is 4.79 Å². The summed E-state index contributed by atoms with van der Waals surface area (Å²) in [5, 5.41) is 4.17. The number of rotatable bonds is 5. The lowest BCUT2D eigenvalue weighted by Gasteiger charge is -2.30. The van der Waals surface area contributed by atoms with Crippen LogP contribution >= 0.6 is 0 Å². The van der Waals surface area contributed by atoms with E-state index < -0.39 is 0 Å². The Hall–Kier alpha value is -2.89. The van der Waals surface area contributed by atoms with Crippen LogP contribution in [0.4, 0.5) is 5.95 Å². The van der Waals surface area contributed by atoms with E-state index in [1.807, 2.05) is 18.3 Å². The summed E-state index contributed by atoms with van der Waals surface area (Å²) in [6.07, 6.45) is 8.47. The quantitative estimate of drug-likeness (QED) is 0.730. The maximum atomic E-state index is 12.4. The SMILES string of the molecule is CC1CCCN(c2ncc(C(=O)NCCc3c[nH]c4ccccc34)cn2)C1. The van der Waals surface area contributed by atoms with Crippen LogP contribution in [-0.4, -0.2) is 40.5 Å². The highest BCUT2D eigenvalue weighted by atomic mass is 16.1. The van der Waals surface area contributed by atoms with Crippen molar-refractivity contribution in [3.05, 3.63) is 54.0 Å². The Morgan fingerprint density at radius 2 is 2.11 bits per heavy atom. The highest BCUT2D eigenvalue weighted by Crippen LogP contribution is 2.20. The predicted molar refractivity (Wildman–Crippen MR) is 107 cm³/mol. The lowest BCUT2D eigenvalue weighted by atomic mass is 10.0. The number of aromatic nitrogens is 3. The van der Waals surface area contributed by atoms with Crippen LogP contribution in [-0.2, 0) is 6.42 Å². The van der Waals surface area contributed by atoms with Crippen LogP contribution in [0.2, 0.25) is 0 Å². The Morgan fingerprint density at radius 1 is 1.30 bits per heavy atom. The smallest absolute Gasteiger partial charge is 0.254 e. The van der Waals surface area contributed by atoms with Gasteiger partial charge in [0.1, 0.15) is 0 Å². The molecule has 3 heterocycles. The second-order valence-corrected chi connectivity index (χ2v) is 7.33. The number of nitrogens with one attached hydrogen (secondary N) is 2. The van der Waals surface area contributed by atoms with Crippen molar-refractivity contribution in [2.45, 2.75) is 26.2 Å². The van der Waals surface area contributed by atoms with Gasteiger partial charge in [-0.2, -0.15) is 0 Å². The number of carbonyl (C=O) groups excluding carboxylic acids is 1. The Bertz CT molecular complexity index is 918. The zero-order chi connectivity index (χ0) is 18.6. The lowest BCUT2D eigenvalue weighted by Crippen LogP contribution is -2.35. The third-order valence-electron chi connectivity index (χ3n) is 5.20. The number of amides is 1.